The number of Topliss-reactive ketones (excluding diaryl/α,β-unsaturated/α-hetero) is 1. The molecule has 6 heterocycles. The van der Waals surface area contributed by atoms with Crippen molar-refractivity contribution in [2.75, 3.05) is 63.1 Å². The molecule has 8 atom stereocenters. The van der Waals surface area contributed by atoms with Crippen LogP contribution >= 0.6 is 0 Å². The number of aromatic hydroxyl groups is 2. The smallest absolute Gasteiger partial charge is 0.410 e. The number of carbonyl (C=O) groups is 3. The number of piperazine rings is 1. The van der Waals surface area contributed by atoms with E-state index in [1.807, 2.05) is 52.0 Å². The lowest BCUT2D eigenvalue weighted by Crippen LogP contribution is -2.51. The largest absolute Gasteiger partial charge is 0.507 e. The average molecular weight is 977 g/mol. The van der Waals surface area contributed by atoms with Crippen molar-refractivity contribution in [3.8, 4) is 17.2 Å². The summed E-state index contributed by atoms with van der Waals surface area (Å²) in [5, 5.41) is 39.7. The first-order chi connectivity index (χ1) is 33.8. The Morgan fingerprint density at radius 3 is 2.25 bits per heavy atom. The third-order valence-electron chi connectivity index (χ3n) is 15.2. The Kier molecular flexibility index (Phi) is 14.9. The molecule has 9 rings (SSSR count). The maximum atomic E-state index is 15.0. The van der Waals surface area contributed by atoms with Crippen LogP contribution in [0.4, 0.5) is 16.2 Å². The van der Waals surface area contributed by atoms with Crippen LogP contribution in [0.25, 0.3) is 10.8 Å². The second-order valence-corrected chi connectivity index (χ2v) is 21.0. The van der Waals surface area contributed by atoms with Gasteiger partial charge >= 0.3 is 11.9 Å². The van der Waals surface area contributed by atoms with Crippen molar-refractivity contribution in [1.82, 2.24) is 9.80 Å². The Morgan fingerprint density at radius 1 is 0.915 bits per heavy atom. The van der Waals surface area contributed by atoms with Crippen LogP contribution in [0.1, 0.15) is 90.6 Å². The molecule has 3 aromatic carbocycles. The number of aliphatic hydroxyl groups is 1. The van der Waals surface area contributed by atoms with Gasteiger partial charge in [0.2, 0.25) is 0 Å². The van der Waals surface area contributed by atoms with Crippen molar-refractivity contribution in [2.24, 2.45) is 39.6 Å². The van der Waals surface area contributed by atoms with Gasteiger partial charge in [-0.2, -0.15) is 0 Å². The highest BCUT2D eigenvalue weighted by Crippen LogP contribution is 2.50. The monoisotopic (exact) mass is 977 g/mol. The normalized spacial score (nSPS) is 30.0. The summed E-state index contributed by atoms with van der Waals surface area (Å²) < 4.78 is 25.1. The van der Waals surface area contributed by atoms with E-state index < -0.39 is 65.1 Å². The van der Waals surface area contributed by atoms with E-state index in [1.165, 1.54) is 20.3 Å². The number of ketones is 1. The van der Waals surface area contributed by atoms with E-state index in [9.17, 15) is 29.7 Å². The van der Waals surface area contributed by atoms with Crippen molar-refractivity contribution in [3.63, 3.8) is 0 Å². The first kappa shape index (κ1) is 51.4. The molecular formula is C55H72N6O10. The van der Waals surface area contributed by atoms with Gasteiger partial charge in [0.05, 0.1) is 34.8 Å². The van der Waals surface area contributed by atoms with Gasteiger partial charge < -0.3 is 54.3 Å². The fourth-order valence-electron chi connectivity index (χ4n) is 11.0. The summed E-state index contributed by atoms with van der Waals surface area (Å²) in [6, 6.07) is 10.1. The molecule has 5 bridgehead atoms. The molecule has 2 amide bonds. The SMILES string of the molecule is CO[C@H]1/C=C/OC2(C)Oc3c(C)c(O)c4c(O)c(c5c(c4c3C2=O)=NC2(CCN(CC(C)C)CC2)N=5)NC(=O)/C(C)=C\C=C\C(C)C[C@@H](C)C(O)[C@@H](C)C(OC(=O)N2CCN(c3ccccc3)CC2)[C@@H]1C. The Balaban J connectivity index is 1.18. The van der Waals surface area contributed by atoms with Crippen LogP contribution in [0, 0.1) is 36.5 Å². The fraction of sp³-hybridized carbons (Fsp3) is 0.545. The third-order valence-corrected chi connectivity index (χ3v) is 15.2. The van der Waals surface area contributed by atoms with E-state index in [4.69, 9.17) is 28.9 Å². The van der Waals surface area contributed by atoms with Gasteiger partial charge in [-0.3, -0.25) is 19.6 Å². The second kappa shape index (κ2) is 20.6. The number of hydrogen-bond donors (Lipinski definition) is 4. The molecule has 4 unspecified atom stereocenters. The number of phenols is 2. The van der Waals surface area contributed by atoms with E-state index in [2.05, 4.69) is 41.1 Å². The summed E-state index contributed by atoms with van der Waals surface area (Å²) in [4.78, 5) is 59.8. The van der Waals surface area contributed by atoms with E-state index in [0.29, 0.717) is 70.0 Å². The van der Waals surface area contributed by atoms with Gasteiger partial charge in [-0.15, -0.1) is 0 Å². The highest BCUT2D eigenvalue weighted by molar-refractivity contribution is 6.19. The van der Waals surface area contributed by atoms with Crippen LogP contribution in [0.15, 0.2) is 76.5 Å². The molecule has 0 saturated carbocycles. The van der Waals surface area contributed by atoms with E-state index in [1.54, 1.807) is 37.0 Å². The molecule has 16 nitrogen and oxygen atoms in total. The summed E-state index contributed by atoms with van der Waals surface area (Å²) in [5.41, 5.74) is 0.683. The van der Waals surface area contributed by atoms with Crippen LogP contribution in [0.3, 0.4) is 0 Å². The number of fused-ring (bicyclic) bond motifs is 13. The highest BCUT2D eigenvalue weighted by Gasteiger charge is 2.50. The number of phenolic OH excluding ortho intramolecular Hbond substituents is 2. The zero-order valence-electron chi connectivity index (χ0n) is 42.9. The fourth-order valence-corrected chi connectivity index (χ4v) is 11.0. The lowest BCUT2D eigenvalue weighted by molar-refractivity contribution is -0.112. The third kappa shape index (κ3) is 10.1. The first-order valence-corrected chi connectivity index (χ1v) is 25.2. The maximum absolute atomic E-state index is 15.0. The molecule has 2 fully saturated rings. The number of nitrogens with one attached hydrogen (secondary N) is 1. The molecule has 6 aliphatic rings. The Labute approximate surface area is 416 Å². The zero-order valence-corrected chi connectivity index (χ0v) is 42.9. The van der Waals surface area contributed by atoms with Gasteiger partial charge in [0, 0.05) is 107 Å². The number of aliphatic hydroxyl groups excluding tert-OH is 1. The van der Waals surface area contributed by atoms with E-state index in [-0.39, 0.29) is 61.6 Å². The van der Waals surface area contributed by atoms with Gasteiger partial charge in [-0.05, 0) is 56.2 Å². The maximum Gasteiger partial charge on any atom is 0.410 e. The number of anilines is 2. The van der Waals surface area contributed by atoms with Crippen molar-refractivity contribution in [2.45, 2.75) is 111 Å². The number of piperidine rings is 1. The number of carbonyl (C=O) groups excluding carboxylic acids is 3. The summed E-state index contributed by atoms with van der Waals surface area (Å²) in [6.07, 6.45) is 7.15. The number of ether oxygens (including phenoxy) is 4. The highest BCUT2D eigenvalue weighted by atomic mass is 16.7. The summed E-state index contributed by atoms with van der Waals surface area (Å²) in [5.74, 6) is -4.68. The number of nitrogens with zero attached hydrogens (tertiary/aromatic N) is 5. The van der Waals surface area contributed by atoms with Crippen LogP contribution in [0.2, 0.25) is 0 Å². The predicted molar refractivity (Wildman–Crippen MR) is 271 cm³/mol. The summed E-state index contributed by atoms with van der Waals surface area (Å²) in [6.45, 7) is 21.4. The minimum atomic E-state index is -1.95. The lowest BCUT2D eigenvalue weighted by atomic mass is 9.79. The Bertz CT molecular complexity index is 2740. The van der Waals surface area contributed by atoms with Crippen molar-refractivity contribution < 1.29 is 48.7 Å². The molecule has 4 N–H and O–H groups in total. The molecule has 0 aromatic heterocycles. The molecule has 382 valence electrons. The molecule has 16 heteroatoms. The van der Waals surface area contributed by atoms with Crippen molar-refractivity contribution in [1.29, 1.82) is 0 Å². The molecule has 3 aromatic rings. The van der Waals surface area contributed by atoms with E-state index >= 15 is 0 Å². The van der Waals surface area contributed by atoms with Gasteiger partial charge in [0.15, 0.2) is 11.4 Å². The number of methoxy groups -OCH3 is 1. The minimum Gasteiger partial charge on any atom is -0.507 e. The second-order valence-electron chi connectivity index (χ2n) is 21.0. The standard InChI is InChI=1S/C55H72N6O10/c1-31(2)30-59-22-20-55(21-23-59)57-43-40-41-47(63)37(8)50-42(40)51(65)54(9,71-50)69-28-19-39(68-10)35(6)49(70-53(67)61-26-24-60(25-27-61)38-17-12-11-13-18-38)36(7)46(62)34(5)29-32(3)15-14-16-33(4)52(66)56-45(48(41)64)44(43)58-55/h11-19,28,31-32,34-36,39,46,49,62-64H,20-27,29-30H2,1-10H3,(H,56,66)/b15-14+,28-19+,33-16-/t32?,34-,35-,36-,39+,46?,49?,54?/m1/s1. The number of rotatable bonds is 5. The summed E-state index contributed by atoms with van der Waals surface area (Å²) >= 11 is 0. The Hall–Kier alpha value is -5.97. The van der Waals surface area contributed by atoms with Gasteiger partial charge in [0.1, 0.15) is 28.6 Å². The quantitative estimate of drug-likeness (QED) is 0.189. The average Bonchev–Trinajstić information content (AvgIpc) is 3.85. The number of para-hydroxylation sites is 1. The molecule has 0 aliphatic carbocycles. The minimum absolute atomic E-state index is 0.0171. The molecule has 6 aliphatic heterocycles. The van der Waals surface area contributed by atoms with Crippen LogP contribution in [-0.4, -0.2) is 126 Å². The zero-order chi connectivity index (χ0) is 51.1. The number of benzene rings is 3. The number of likely N-dealkylation sites (tertiary alicyclic amines) is 1. The molecule has 1 spiro atoms. The van der Waals surface area contributed by atoms with Crippen LogP contribution < -0.4 is 25.7 Å². The van der Waals surface area contributed by atoms with Gasteiger partial charge in [-0.1, -0.05) is 78.0 Å². The van der Waals surface area contributed by atoms with Crippen LogP contribution in [-0.2, 0) is 19.0 Å². The van der Waals surface area contributed by atoms with Gasteiger partial charge in [0.25, 0.3) is 11.7 Å². The van der Waals surface area contributed by atoms with Crippen molar-refractivity contribution >= 4 is 39.9 Å². The first-order valence-electron chi connectivity index (χ1n) is 25.2. The topological polar surface area (TPSA) is 195 Å². The number of allylic oxidation sites excluding steroid dienone is 3. The van der Waals surface area contributed by atoms with Gasteiger partial charge in [-0.25, -0.2) is 4.79 Å². The molecule has 71 heavy (non-hydrogen) atoms. The predicted octanol–water partition coefficient (Wildman–Crippen LogP) is 7.17. The molecule has 0 radical (unpaired) electrons. The molecule has 2 saturated heterocycles. The number of amides is 2. The Morgan fingerprint density at radius 2 is 1.59 bits per heavy atom. The van der Waals surface area contributed by atoms with E-state index in [0.717, 1.165) is 12.2 Å². The van der Waals surface area contributed by atoms with Crippen molar-refractivity contribution in [3.05, 3.63) is 88.3 Å². The lowest BCUT2D eigenvalue weighted by Gasteiger charge is -2.40. The van der Waals surface area contributed by atoms with Crippen LogP contribution in [0.5, 0.6) is 17.2 Å². The number of hydrogen-bond acceptors (Lipinski definition) is 14. The molecular weight excluding hydrogens is 905 g/mol. The summed E-state index contributed by atoms with van der Waals surface area (Å²) in [7, 11) is 1.53.